The summed E-state index contributed by atoms with van der Waals surface area (Å²) < 4.78 is 28.9. The van der Waals surface area contributed by atoms with Crippen molar-refractivity contribution in [2.24, 2.45) is 17.3 Å². The van der Waals surface area contributed by atoms with Crippen molar-refractivity contribution in [3.8, 4) is 0 Å². The zero-order chi connectivity index (χ0) is 29.0. The van der Waals surface area contributed by atoms with E-state index in [9.17, 15) is 14.0 Å². The van der Waals surface area contributed by atoms with Crippen LogP contribution in [0.25, 0.3) is 0 Å². The molecule has 1 aromatic carbocycles. The van der Waals surface area contributed by atoms with E-state index in [0.29, 0.717) is 37.4 Å². The predicted octanol–water partition coefficient (Wildman–Crippen LogP) is 6.41. The number of carbonyl (C=O) groups excluding carboxylic acids is 2. The van der Waals surface area contributed by atoms with Crippen molar-refractivity contribution >= 4 is 11.8 Å². The van der Waals surface area contributed by atoms with E-state index >= 15 is 4.39 Å². The number of likely N-dealkylation sites (tertiary alicyclic amines) is 1. The van der Waals surface area contributed by atoms with Gasteiger partial charge < -0.3 is 10.2 Å². The maximum Gasteiger partial charge on any atom is 0.228 e. The third-order valence-corrected chi connectivity index (χ3v) is 10.3. The largest absolute Gasteiger partial charge is 0.351 e. The summed E-state index contributed by atoms with van der Waals surface area (Å²) in [5.41, 5.74) is -0.494. The van der Waals surface area contributed by atoms with Crippen LogP contribution in [0.5, 0.6) is 0 Å². The molecule has 1 N–H and O–H groups in total. The number of fused-ring (bicyclic) bond motifs is 2. The minimum atomic E-state index is -0.600. The number of carbonyl (C=O) groups is 2. The fourth-order valence-corrected chi connectivity index (χ4v) is 8.38. The fraction of sp³-hybridized carbons (Fsp3) is 0.758. The van der Waals surface area contributed by atoms with Gasteiger partial charge in [0.1, 0.15) is 11.6 Å². The number of halogens is 2. The van der Waals surface area contributed by atoms with Crippen LogP contribution in [0.3, 0.4) is 0 Å². The molecule has 3 saturated heterocycles. The van der Waals surface area contributed by atoms with E-state index in [0.717, 1.165) is 31.7 Å². The number of benzene rings is 1. The molecule has 5 rings (SSSR count). The molecule has 40 heavy (non-hydrogen) atoms. The normalized spacial score (nSPS) is 31.9. The van der Waals surface area contributed by atoms with E-state index in [4.69, 9.17) is 0 Å². The van der Waals surface area contributed by atoms with Crippen molar-refractivity contribution in [2.45, 2.75) is 128 Å². The van der Waals surface area contributed by atoms with Crippen LogP contribution in [-0.4, -0.2) is 57.9 Å². The average Bonchev–Trinajstić information content (AvgIpc) is 3.42. The molecule has 1 aliphatic carbocycles. The Balaban J connectivity index is 1.44. The van der Waals surface area contributed by atoms with Crippen LogP contribution in [-0.2, 0) is 9.59 Å². The van der Waals surface area contributed by atoms with Crippen molar-refractivity contribution in [3.63, 3.8) is 0 Å². The second-order valence-corrected chi connectivity index (χ2v) is 15.2. The van der Waals surface area contributed by atoms with E-state index in [1.54, 1.807) is 0 Å². The quantitative estimate of drug-likeness (QED) is 0.465. The van der Waals surface area contributed by atoms with Gasteiger partial charge in [-0.15, -0.1) is 0 Å². The summed E-state index contributed by atoms with van der Waals surface area (Å²) in [6.07, 6.45) is 9.00. The van der Waals surface area contributed by atoms with Crippen LogP contribution in [0.1, 0.15) is 111 Å². The molecule has 1 aromatic rings. The standard InChI is InChI=1S/C33H49F2N3O2/c1-31(2,3)36-30(40)33(21-10-8-7-9-11-21)17-23-13-14-24(18-33)38(23)29(39)27-20-37(32(4,5)6)19-26(27)25-15-12-22(34)16-28(25)35/h12,15-16,21,23-24,26-27H,7-11,13-14,17-20H2,1-6H3,(H,36,40)/t23?,24?,26-,27+,33?/m0/s1. The Morgan fingerprint density at radius 3 is 2.08 bits per heavy atom. The van der Waals surface area contributed by atoms with E-state index in [1.807, 2.05) is 20.8 Å². The second-order valence-electron chi connectivity index (χ2n) is 15.2. The summed E-state index contributed by atoms with van der Waals surface area (Å²) in [5.74, 6) is -1.29. The summed E-state index contributed by atoms with van der Waals surface area (Å²) >= 11 is 0. The summed E-state index contributed by atoms with van der Waals surface area (Å²) in [6, 6.07) is 3.82. The third kappa shape index (κ3) is 5.56. The molecule has 2 bridgehead atoms. The molecule has 4 atom stereocenters. The van der Waals surface area contributed by atoms with Crippen LogP contribution in [0.15, 0.2) is 18.2 Å². The molecule has 4 aliphatic rings. The van der Waals surface area contributed by atoms with E-state index < -0.39 is 23.0 Å². The highest BCUT2D eigenvalue weighted by Gasteiger charge is 2.58. The van der Waals surface area contributed by atoms with Crippen LogP contribution in [0.4, 0.5) is 8.78 Å². The van der Waals surface area contributed by atoms with Gasteiger partial charge in [-0.1, -0.05) is 25.3 Å². The first-order valence-electron chi connectivity index (χ1n) is 15.5. The summed E-state index contributed by atoms with van der Waals surface area (Å²) in [4.78, 5) is 32.9. The molecule has 0 spiro atoms. The lowest BCUT2D eigenvalue weighted by Crippen LogP contribution is -2.61. The highest BCUT2D eigenvalue weighted by Crippen LogP contribution is 2.54. The topological polar surface area (TPSA) is 52.7 Å². The van der Waals surface area contributed by atoms with Gasteiger partial charge in [0.05, 0.1) is 11.3 Å². The number of amides is 2. The average molecular weight is 558 g/mol. The SMILES string of the molecule is CC(C)(C)NC(=O)C1(C2CCCCC2)CC2CCC(C1)N2C(=O)[C@@H]1CN(C(C)(C)C)C[C@H]1c1ccc(F)cc1F. The molecule has 3 heterocycles. The van der Waals surface area contributed by atoms with Gasteiger partial charge in [0.15, 0.2) is 0 Å². The summed E-state index contributed by atoms with van der Waals surface area (Å²) in [5, 5.41) is 3.34. The highest BCUT2D eigenvalue weighted by atomic mass is 19.1. The predicted molar refractivity (Wildman–Crippen MR) is 154 cm³/mol. The van der Waals surface area contributed by atoms with Crippen LogP contribution in [0.2, 0.25) is 0 Å². The van der Waals surface area contributed by atoms with Gasteiger partial charge >= 0.3 is 0 Å². The fourth-order valence-electron chi connectivity index (χ4n) is 8.38. The van der Waals surface area contributed by atoms with Gasteiger partial charge in [-0.3, -0.25) is 14.5 Å². The molecule has 2 unspecified atom stereocenters. The number of hydrogen-bond donors (Lipinski definition) is 1. The van der Waals surface area contributed by atoms with Gasteiger partial charge in [-0.05, 0) is 97.6 Å². The lowest BCUT2D eigenvalue weighted by molar-refractivity contribution is -0.153. The van der Waals surface area contributed by atoms with Gasteiger partial charge in [0.2, 0.25) is 11.8 Å². The molecule has 222 valence electrons. The maximum atomic E-state index is 15.1. The third-order valence-electron chi connectivity index (χ3n) is 10.3. The minimum absolute atomic E-state index is 0.0290. The lowest BCUT2D eigenvalue weighted by Gasteiger charge is -2.51. The van der Waals surface area contributed by atoms with Crippen LogP contribution >= 0.6 is 0 Å². The summed E-state index contributed by atoms with van der Waals surface area (Å²) in [6.45, 7) is 13.6. The number of nitrogens with zero attached hydrogens (tertiary/aromatic N) is 2. The molecule has 0 radical (unpaired) electrons. The van der Waals surface area contributed by atoms with Gasteiger partial charge in [-0.25, -0.2) is 8.78 Å². The van der Waals surface area contributed by atoms with Crippen molar-refractivity contribution in [1.29, 1.82) is 0 Å². The molecular formula is C33H49F2N3O2. The highest BCUT2D eigenvalue weighted by molar-refractivity contribution is 5.86. The van der Waals surface area contributed by atoms with Crippen molar-refractivity contribution in [1.82, 2.24) is 15.1 Å². The van der Waals surface area contributed by atoms with Gasteiger partial charge in [0, 0.05) is 48.2 Å². The molecule has 0 aromatic heterocycles. The number of hydrogen-bond acceptors (Lipinski definition) is 3. The Labute approximate surface area is 239 Å². The Morgan fingerprint density at radius 2 is 1.52 bits per heavy atom. The Bertz CT molecular complexity index is 1100. The zero-order valence-corrected chi connectivity index (χ0v) is 25.4. The maximum absolute atomic E-state index is 15.1. The van der Waals surface area contributed by atoms with Gasteiger partial charge in [0.25, 0.3) is 0 Å². The second kappa shape index (κ2) is 10.7. The monoisotopic (exact) mass is 557 g/mol. The summed E-state index contributed by atoms with van der Waals surface area (Å²) in [7, 11) is 0. The number of rotatable bonds is 4. The Hall–Kier alpha value is -2.02. The van der Waals surface area contributed by atoms with Crippen LogP contribution in [0, 0.1) is 28.9 Å². The molecule has 4 fully saturated rings. The smallest absolute Gasteiger partial charge is 0.228 e. The number of nitrogens with one attached hydrogen (secondary N) is 1. The molecule has 7 heteroatoms. The first kappa shape index (κ1) is 29.5. The van der Waals surface area contributed by atoms with Crippen molar-refractivity contribution in [3.05, 3.63) is 35.4 Å². The molecular weight excluding hydrogens is 508 g/mol. The van der Waals surface area contributed by atoms with Gasteiger partial charge in [-0.2, -0.15) is 0 Å². The molecule has 2 amide bonds. The molecule has 3 aliphatic heterocycles. The minimum Gasteiger partial charge on any atom is -0.351 e. The van der Waals surface area contributed by atoms with E-state index in [-0.39, 0.29) is 40.9 Å². The van der Waals surface area contributed by atoms with Crippen molar-refractivity contribution < 1.29 is 18.4 Å². The van der Waals surface area contributed by atoms with Crippen LogP contribution < -0.4 is 5.32 Å². The first-order valence-corrected chi connectivity index (χ1v) is 15.5. The first-order chi connectivity index (χ1) is 18.7. The van der Waals surface area contributed by atoms with E-state index in [1.165, 1.54) is 31.4 Å². The molecule has 5 nitrogen and oxygen atoms in total. The Kier molecular flexibility index (Phi) is 7.86. The number of piperidine rings is 1. The zero-order valence-electron chi connectivity index (χ0n) is 25.4. The molecule has 1 saturated carbocycles. The van der Waals surface area contributed by atoms with E-state index in [2.05, 4.69) is 35.9 Å². The van der Waals surface area contributed by atoms with Crippen molar-refractivity contribution in [2.75, 3.05) is 13.1 Å². The lowest BCUT2D eigenvalue weighted by atomic mass is 9.61. The Morgan fingerprint density at radius 1 is 0.900 bits per heavy atom.